The summed E-state index contributed by atoms with van der Waals surface area (Å²) in [4.78, 5) is 20.9. The van der Waals surface area contributed by atoms with Crippen LogP contribution in [0.5, 0.6) is 0 Å². The average Bonchev–Trinajstić information content (AvgIpc) is 2.09. The van der Waals surface area contributed by atoms with Gasteiger partial charge in [0.25, 0.3) is 0 Å². The molecule has 4 heteroatoms. The Kier molecular flexibility index (Phi) is 1.94. The second-order valence-corrected chi connectivity index (χ2v) is 2.37. The molecular weight excluding hydrogens is 148 g/mol. The van der Waals surface area contributed by atoms with Gasteiger partial charge in [0.15, 0.2) is 0 Å². The molecule has 0 spiro atoms. The third-order valence-corrected chi connectivity index (χ3v) is 1.33. The number of cyclic esters (lactones) is 1. The zero-order chi connectivity index (χ0) is 8.43. The minimum absolute atomic E-state index is 0.241. The Bertz CT molecular complexity index is 229. The van der Waals surface area contributed by atoms with Crippen LogP contribution in [0.4, 0.5) is 0 Å². The SMILES string of the molecule is CC1C=C(CC(=O)O)C(=O)O1. The van der Waals surface area contributed by atoms with Gasteiger partial charge in [-0.3, -0.25) is 4.79 Å². The minimum atomic E-state index is -1.01. The molecule has 0 aromatic heterocycles. The molecule has 1 rings (SSSR count). The largest absolute Gasteiger partial charge is 0.481 e. The van der Waals surface area contributed by atoms with Crippen molar-refractivity contribution >= 4 is 11.9 Å². The van der Waals surface area contributed by atoms with Crippen molar-refractivity contribution in [3.63, 3.8) is 0 Å². The van der Waals surface area contributed by atoms with Gasteiger partial charge in [-0.05, 0) is 13.0 Å². The highest BCUT2D eigenvalue weighted by molar-refractivity contribution is 5.95. The molecule has 1 aliphatic heterocycles. The number of aliphatic carboxylic acids is 1. The third kappa shape index (κ3) is 1.80. The molecule has 0 bridgehead atoms. The standard InChI is InChI=1S/C7H8O4/c1-4-2-5(3-6(8)9)7(10)11-4/h2,4H,3H2,1H3,(H,8,9). The normalized spacial score (nSPS) is 22.8. The quantitative estimate of drug-likeness (QED) is 0.585. The first kappa shape index (κ1) is 7.78. The van der Waals surface area contributed by atoms with E-state index in [1.54, 1.807) is 6.92 Å². The Labute approximate surface area is 63.5 Å². The van der Waals surface area contributed by atoms with Crippen molar-refractivity contribution in [2.75, 3.05) is 0 Å². The Balaban J connectivity index is 2.64. The Morgan fingerprint density at radius 2 is 2.45 bits per heavy atom. The molecule has 60 valence electrons. The van der Waals surface area contributed by atoms with Crippen LogP contribution < -0.4 is 0 Å². The van der Waals surface area contributed by atoms with Crippen LogP contribution in [0.2, 0.25) is 0 Å². The highest BCUT2D eigenvalue weighted by Gasteiger charge is 2.23. The van der Waals surface area contributed by atoms with E-state index in [1.807, 2.05) is 0 Å². The van der Waals surface area contributed by atoms with Gasteiger partial charge in [0, 0.05) is 5.57 Å². The van der Waals surface area contributed by atoms with Gasteiger partial charge in [-0.1, -0.05) is 0 Å². The fourth-order valence-corrected chi connectivity index (χ4v) is 0.924. The molecular formula is C7H8O4. The minimum Gasteiger partial charge on any atom is -0.481 e. The number of carbonyl (C=O) groups is 2. The lowest BCUT2D eigenvalue weighted by Crippen LogP contribution is -2.06. The van der Waals surface area contributed by atoms with E-state index in [-0.39, 0.29) is 18.1 Å². The maximum Gasteiger partial charge on any atom is 0.334 e. The van der Waals surface area contributed by atoms with Gasteiger partial charge in [0.05, 0.1) is 6.42 Å². The molecule has 0 aromatic rings. The number of ether oxygens (including phenoxy) is 1. The lowest BCUT2D eigenvalue weighted by atomic mass is 10.2. The summed E-state index contributed by atoms with van der Waals surface area (Å²) in [5, 5.41) is 8.33. The summed E-state index contributed by atoms with van der Waals surface area (Å²) >= 11 is 0. The summed E-state index contributed by atoms with van der Waals surface area (Å²) in [7, 11) is 0. The van der Waals surface area contributed by atoms with Crippen molar-refractivity contribution in [3.8, 4) is 0 Å². The molecule has 0 saturated heterocycles. The Morgan fingerprint density at radius 1 is 1.82 bits per heavy atom. The molecule has 1 heterocycles. The monoisotopic (exact) mass is 156 g/mol. The van der Waals surface area contributed by atoms with Gasteiger partial charge < -0.3 is 9.84 Å². The van der Waals surface area contributed by atoms with Crippen LogP contribution in [0, 0.1) is 0 Å². The Hall–Kier alpha value is -1.32. The zero-order valence-corrected chi connectivity index (χ0v) is 6.03. The molecule has 11 heavy (non-hydrogen) atoms. The van der Waals surface area contributed by atoms with E-state index in [4.69, 9.17) is 5.11 Å². The van der Waals surface area contributed by atoms with Gasteiger partial charge >= 0.3 is 11.9 Å². The second kappa shape index (κ2) is 2.74. The zero-order valence-electron chi connectivity index (χ0n) is 6.03. The fourth-order valence-electron chi connectivity index (χ4n) is 0.924. The second-order valence-electron chi connectivity index (χ2n) is 2.37. The van der Waals surface area contributed by atoms with E-state index in [9.17, 15) is 9.59 Å². The first-order valence-corrected chi connectivity index (χ1v) is 3.23. The lowest BCUT2D eigenvalue weighted by Gasteiger charge is -1.97. The molecule has 1 unspecified atom stereocenters. The summed E-state index contributed by atoms with van der Waals surface area (Å²) in [6.07, 6.45) is 0.997. The highest BCUT2D eigenvalue weighted by atomic mass is 16.5. The summed E-state index contributed by atoms with van der Waals surface area (Å²) < 4.78 is 4.68. The summed E-state index contributed by atoms with van der Waals surface area (Å²) in [5.41, 5.74) is 0.241. The highest BCUT2D eigenvalue weighted by Crippen LogP contribution is 2.15. The van der Waals surface area contributed by atoms with Crippen molar-refractivity contribution in [2.24, 2.45) is 0 Å². The van der Waals surface area contributed by atoms with Crippen molar-refractivity contribution in [2.45, 2.75) is 19.4 Å². The average molecular weight is 156 g/mol. The summed E-state index contributed by atoms with van der Waals surface area (Å²) in [5.74, 6) is -1.53. The molecule has 0 aromatic carbocycles. The van der Waals surface area contributed by atoms with Crippen molar-refractivity contribution < 1.29 is 19.4 Å². The first-order valence-electron chi connectivity index (χ1n) is 3.23. The van der Waals surface area contributed by atoms with E-state index >= 15 is 0 Å². The summed E-state index contributed by atoms with van der Waals surface area (Å²) in [6.45, 7) is 1.69. The lowest BCUT2D eigenvalue weighted by molar-refractivity contribution is -0.142. The van der Waals surface area contributed by atoms with Gasteiger partial charge in [0.1, 0.15) is 6.10 Å². The molecule has 1 N–H and O–H groups in total. The van der Waals surface area contributed by atoms with Gasteiger partial charge in [-0.25, -0.2) is 4.79 Å². The first-order chi connectivity index (χ1) is 5.09. The molecule has 4 nitrogen and oxygen atoms in total. The predicted octanol–water partition coefficient (Wildman–Crippen LogP) is 0.333. The maximum absolute atomic E-state index is 10.8. The number of carboxylic acids is 1. The molecule has 1 aliphatic rings. The van der Waals surface area contributed by atoms with Crippen LogP contribution >= 0.6 is 0 Å². The van der Waals surface area contributed by atoms with Gasteiger partial charge in [-0.15, -0.1) is 0 Å². The van der Waals surface area contributed by atoms with Crippen LogP contribution in [0.1, 0.15) is 13.3 Å². The predicted molar refractivity (Wildman–Crippen MR) is 35.9 cm³/mol. The molecule has 0 amide bonds. The van der Waals surface area contributed by atoms with E-state index in [0.29, 0.717) is 0 Å². The molecule has 1 atom stereocenters. The van der Waals surface area contributed by atoms with Crippen molar-refractivity contribution in [3.05, 3.63) is 11.6 Å². The molecule has 0 radical (unpaired) electrons. The van der Waals surface area contributed by atoms with Crippen LogP contribution in [0.25, 0.3) is 0 Å². The number of rotatable bonds is 2. The van der Waals surface area contributed by atoms with E-state index < -0.39 is 11.9 Å². The number of hydrogen-bond donors (Lipinski definition) is 1. The number of esters is 1. The van der Waals surface area contributed by atoms with Crippen molar-refractivity contribution in [1.82, 2.24) is 0 Å². The summed E-state index contributed by atoms with van der Waals surface area (Å²) in [6, 6.07) is 0. The molecule has 0 fully saturated rings. The maximum atomic E-state index is 10.8. The third-order valence-electron chi connectivity index (χ3n) is 1.33. The van der Waals surface area contributed by atoms with Crippen LogP contribution in [0.15, 0.2) is 11.6 Å². The molecule has 0 saturated carbocycles. The van der Waals surface area contributed by atoms with Crippen LogP contribution in [-0.2, 0) is 14.3 Å². The molecule has 0 aliphatic carbocycles. The number of carbonyl (C=O) groups excluding carboxylic acids is 1. The number of carboxylic acid groups (broad SMARTS) is 1. The van der Waals surface area contributed by atoms with E-state index in [2.05, 4.69) is 4.74 Å². The van der Waals surface area contributed by atoms with E-state index in [1.165, 1.54) is 6.08 Å². The van der Waals surface area contributed by atoms with Gasteiger partial charge in [0.2, 0.25) is 0 Å². The van der Waals surface area contributed by atoms with E-state index in [0.717, 1.165) is 0 Å². The van der Waals surface area contributed by atoms with Crippen LogP contribution in [-0.4, -0.2) is 23.1 Å². The number of hydrogen-bond acceptors (Lipinski definition) is 3. The fraction of sp³-hybridized carbons (Fsp3) is 0.429. The smallest absolute Gasteiger partial charge is 0.334 e. The van der Waals surface area contributed by atoms with Crippen LogP contribution in [0.3, 0.4) is 0 Å². The topological polar surface area (TPSA) is 63.6 Å². The van der Waals surface area contributed by atoms with Crippen molar-refractivity contribution in [1.29, 1.82) is 0 Å². The van der Waals surface area contributed by atoms with Gasteiger partial charge in [-0.2, -0.15) is 0 Å². The Morgan fingerprint density at radius 3 is 2.82 bits per heavy atom.